The minimum absolute atomic E-state index is 0.130. The quantitative estimate of drug-likeness (QED) is 0.693. The zero-order valence-corrected chi connectivity index (χ0v) is 14.8. The molecule has 1 aromatic carbocycles. The fraction of sp³-hybridized carbons (Fsp3) is 0.526. The average Bonchev–Trinajstić information content (AvgIpc) is 2.81. The van der Waals surface area contributed by atoms with Gasteiger partial charge in [0.05, 0.1) is 11.1 Å². The highest BCUT2D eigenvalue weighted by molar-refractivity contribution is 5.97. The van der Waals surface area contributed by atoms with E-state index in [2.05, 4.69) is 25.3 Å². The summed E-state index contributed by atoms with van der Waals surface area (Å²) in [5.41, 5.74) is 10.5. The Balaban J connectivity index is 2.79. The number of aliphatic hydroxyl groups is 1. The first-order chi connectivity index (χ1) is 11.4. The molecule has 5 nitrogen and oxygen atoms in total. The smallest absolute Gasteiger partial charge is 0.335 e. The number of aryl methyl sites for hydroxylation is 2. The van der Waals surface area contributed by atoms with Crippen molar-refractivity contribution in [1.29, 1.82) is 0 Å². The number of benzene rings is 1. The molecule has 0 aliphatic carbocycles. The van der Waals surface area contributed by atoms with E-state index < -0.39 is 5.97 Å². The van der Waals surface area contributed by atoms with E-state index in [1.54, 1.807) is 12.1 Å². The molecule has 0 radical (unpaired) electrons. The molecule has 0 unspecified atom stereocenters. The van der Waals surface area contributed by atoms with Gasteiger partial charge in [0, 0.05) is 24.2 Å². The lowest BCUT2D eigenvalue weighted by atomic mass is 9.95. The van der Waals surface area contributed by atoms with Gasteiger partial charge in [0.15, 0.2) is 0 Å². The van der Waals surface area contributed by atoms with Gasteiger partial charge in [-0.1, -0.05) is 13.8 Å². The fourth-order valence-electron chi connectivity index (χ4n) is 3.38. The predicted molar refractivity (Wildman–Crippen MR) is 96.8 cm³/mol. The highest BCUT2D eigenvalue weighted by atomic mass is 16.4. The number of nitrogens with two attached hydrogens (primary N) is 1. The molecule has 0 atom stereocenters. The van der Waals surface area contributed by atoms with Crippen LogP contribution in [0.15, 0.2) is 12.1 Å². The molecule has 1 aromatic heterocycles. The van der Waals surface area contributed by atoms with Crippen molar-refractivity contribution in [3.05, 3.63) is 34.5 Å². The lowest BCUT2D eigenvalue weighted by molar-refractivity contribution is 0.0697. The van der Waals surface area contributed by atoms with E-state index in [1.807, 2.05) is 0 Å². The fourth-order valence-corrected chi connectivity index (χ4v) is 3.38. The summed E-state index contributed by atoms with van der Waals surface area (Å²) in [5, 5.41) is 19.7. The number of hydrogen-bond acceptors (Lipinski definition) is 3. The van der Waals surface area contributed by atoms with Crippen LogP contribution in [0.4, 0.5) is 0 Å². The molecule has 2 rings (SSSR count). The SMILES string of the molecule is Cc1c(CCCO)c2cc(C(=O)O)cc(C(C)C)c2n1CCCN. The van der Waals surface area contributed by atoms with E-state index >= 15 is 0 Å². The molecule has 0 saturated heterocycles. The van der Waals surface area contributed by atoms with Crippen LogP contribution in [0.25, 0.3) is 10.9 Å². The average molecular weight is 332 g/mol. The highest BCUT2D eigenvalue weighted by Crippen LogP contribution is 2.34. The molecule has 0 fully saturated rings. The van der Waals surface area contributed by atoms with Crippen molar-refractivity contribution in [3.63, 3.8) is 0 Å². The molecule has 0 saturated carbocycles. The zero-order chi connectivity index (χ0) is 17.9. The number of aliphatic hydroxyl groups excluding tert-OH is 1. The third-order valence-electron chi connectivity index (χ3n) is 4.62. The van der Waals surface area contributed by atoms with Crippen LogP contribution in [-0.4, -0.2) is 33.9 Å². The summed E-state index contributed by atoms with van der Waals surface area (Å²) in [5.74, 6) is -0.678. The number of aromatic nitrogens is 1. The molecule has 132 valence electrons. The van der Waals surface area contributed by atoms with E-state index in [9.17, 15) is 15.0 Å². The van der Waals surface area contributed by atoms with Gasteiger partial charge in [-0.05, 0) is 61.9 Å². The Hall–Kier alpha value is -1.85. The van der Waals surface area contributed by atoms with Crippen molar-refractivity contribution in [2.45, 2.75) is 52.5 Å². The number of aromatic carboxylic acids is 1. The van der Waals surface area contributed by atoms with Crippen LogP contribution < -0.4 is 5.73 Å². The topological polar surface area (TPSA) is 88.5 Å². The second-order valence-electron chi connectivity index (χ2n) is 6.61. The summed E-state index contributed by atoms with van der Waals surface area (Å²) in [6, 6.07) is 3.58. The van der Waals surface area contributed by atoms with Gasteiger partial charge < -0.3 is 20.5 Å². The monoisotopic (exact) mass is 332 g/mol. The molecule has 0 bridgehead atoms. The zero-order valence-electron chi connectivity index (χ0n) is 14.8. The number of carbonyl (C=O) groups is 1. The van der Waals surface area contributed by atoms with Crippen molar-refractivity contribution < 1.29 is 15.0 Å². The number of nitrogens with zero attached hydrogens (tertiary/aromatic N) is 1. The third kappa shape index (κ3) is 3.47. The third-order valence-corrected chi connectivity index (χ3v) is 4.62. The number of rotatable bonds is 8. The molecule has 0 amide bonds. The van der Waals surface area contributed by atoms with Crippen LogP contribution in [0.5, 0.6) is 0 Å². The molecular weight excluding hydrogens is 304 g/mol. The van der Waals surface area contributed by atoms with Gasteiger partial charge in [-0.15, -0.1) is 0 Å². The lowest BCUT2D eigenvalue weighted by Gasteiger charge is -2.14. The lowest BCUT2D eigenvalue weighted by Crippen LogP contribution is -2.09. The van der Waals surface area contributed by atoms with Gasteiger partial charge in [-0.3, -0.25) is 0 Å². The van der Waals surface area contributed by atoms with Crippen LogP contribution in [0.1, 0.15) is 59.8 Å². The minimum Gasteiger partial charge on any atom is -0.478 e. The first-order valence-electron chi connectivity index (χ1n) is 8.62. The molecule has 24 heavy (non-hydrogen) atoms. The van der Waals surface area contributed by atoms with Gasteiger partial charge in [-0.25, -0.2) is 4.79 Å². The minimum atomic E-state index is -0.903. The van der Waals surface area contributed by atoms with E-state index in [0.717, 1.165) is 47.1 Å². The maximum Gasteiger partial charge on any atom is 0.335 e. The molecule has 5 heteroatoms. The van der Waals surface area contributed by atoms with Crippen molar-refractivity contribution >= 4 is 16.9 Å². The molecule has 4 N–H and O–H groups in total. The Morgan fingerprint density at radius 2 is 2.00 bits per heavy atom. The maximum absolute atomic E-state index is 11.5. The van der Waals surface area contributed by atoms with Gasteiger partial charge in [0.25, 0.3) is 0 Å². The van der Waals surface area contributed by atoms with Gasteiger partial charge in [-0.2, -0.15) is 0 Å². The van der Waals surface area contributed by atoms with Gasteiger partial charge in [0.1, 0.15) is 0 Å². The first kappa shape index (κ1) is 18.5. The molecule has 0 aliphatic rings. The number of fused-ring (bicyclic) bond motifs is 1. The molecule has 0 spiro atoms. The normalized spacial score (nSPS) is 11.6. The second-order valence-corrected chi connectivity index (χ2v) is 6.61. The number of hydrogen-bond donors (Lipinski definition) is 3. The summed E-state index contributed by atoms with van der Waals surface area (Å²) >= 11 is 0. The standard InChI is InChI=1S/C19H28N2O3/c1-12(2)16-10-14(19(23)24)11-17-15(6-4-9-22)13(3)21(18(16)17)8-5-7-20/h10-12,22H,4-9,20H2,1-3H3,(H,23,24). The predicted octanol–water partition coefficient (Wildman–Crippen LogP) is 3.05. The van der Waals surface area contributed by atoms with E-state index in [0.29, 0.717) is 18.5 Å². The van der Waals surface area contributed by atoms with Crippen molar-refractivity contribution in [1.82, 2.24) is 4.57 Å². The van der Waals surface area contributed by atoms with E-state index in [4.69, 9.17) is 5.73 Å². The Labute approximate surface area is 143 Å². The second kappa shape index (κ2) is 7.81. The molecule has 1 heterocycles. The van der Waals surface area contributed by atoms with Crippen molar-refractivity contribution in [3.8, 4) is 0 Å². The summed E-state index contributed by atoms with van der Waals surface area (Å²) in [6.07, 6.45) is 2.29. The van der Waals surface area contributed by atoms with Crippen LogP contribution in [0.3, 0.4) is 0 Å². The Morgan fingerprint density at radius 1 is 1.29 bits per heavy atom. The molecule has 0 aliphatic heterocycles. The summed E-state index contributed by atoms with van der Waals surface area (Å²) < 4.78 is 2.27. The summed E-state index contributed by atoms with van der Waals surface area (Å²) in [7, 11) is 0. The Bertz CT molecular complexity index is 732. The van der Waals surface area contributed by atoms with Crippen LogP contribution >= 0.6 is 0 Å². The molecular formula is C19H28N2O3. The summed E-state index contributed by atoms with van der Waals surface area (Å²) in [6.45, 7) is 7.82. The highest BCUT2D eigenvalue weighted by Gasteiger charge is 2.20. The summed E-state index contributed by atoms with van der Waals surface area (Å²) in [4.78, 5) is 11.5. The largest absolute Gasteiger partial charge is 0.478 e. The van der Waals surface area contributed by atoms with Gasteiger partial charge in [0.2, 0.25) is 0 Å². The Kier molecular flexibility index (Phi) is 6.02. The molecule has 2 aromatic rings. The van der Waals surface area contributed by atoms with E-state index in [1.165, 1.54) is 0 Å². The number of carboxylic acid groups (broad SMARTS) is 1. The van der Waals surface area contributed by atoms with Crippen LogP contribution in [0.2, 0.25) is 0 Å². The maximum atomic E-state index is 11.5. The van der Waals surface area contributed by atoms with Crippen LogP contribution in [-0.2, 0) is 13.0 Å². The Morgan fingerprint density at radius 3 is 2.54 bits per heavy atom. The first-order valence-corrected chi connectivity index (χ1v) is 8.62. The van der Waals surface area contributed by atoms with Gasteiger partial charge >= 0.3 is 5.97 Å². The van der Waals surface area contributed by atoms with Crippen molar-refractivity contribution in [2.24, 2.45) is 5.73 Å². The van der Waals surface area contributed by atoms with Crippen LogP contribution in [0, 0.1) is 6.92 Å². The van der Waals surface area contributed by atoms with Crippen molar-refractivity contribution in [2.75, 3.05) is 13.2 Å². The van der Waals surface area contributed by atoms with E-state index in [-0.39, 0.29) is 12.5 Å². The number of carboxylic acids is 1.